The van der Waals surface area contributed by atoms with E-state index in [9.17, 15) is 0 Å². The maximum absolute atomic E-state index is 2.38. The van der Waals surface area contributed by atoms with Crippen LogP contribution in [0.2, 0.25) is 0 Å². The summed E-state index contributed by atoms with van der Waals surface area (Å²) in [4.78, 5) is 0. The van der Waals surface area contributed by atoms with E-state index in [0.717, 1.165) is 5.92 Å². The van der Waals surface area contributed by atoms with Gasteiger partial charge in [-0.25, -0.2) is 0 Å². The van der Waals surface area contributed by atoms with Crippen molar-refractivity contribution >= 4 is 0 Å². The normalized spacial score (nSPS) is 15.0. The summed E-state index contributed by atoms with van der Waals surface area (Å²) in [7, 11) is 0. The van der Waals surface area contributed by atoms with E-state index < -0.39 is 0 Å². The minimum absolute atomic E-state index is 0.529. The molecular weight excluding hydrogens is 132 g/mol. The molecule has 1 radical (unpaired) electrons. The van der Waals surface area contributed by atoms with Crippen molar-refractivity contribution in [3.05, 3.63) is 6.42 Å². The van der Waals surface area contributed by atoms with Gasteiger partial charge in [-0.15, -0.1) is 0 Å². The second kappa shape index (κ2) is 4.79. The van der Waals surface area contributed by atoms with Gasteiger partial charge in [0.05, 0.1) is 0 Å². The average Bonchev–Trinajstić information content (AvgIpc) is 1.99. The SMILES string of the molecule is C[CH]CCC(C)(C)C(C)CC. The molecule has 0 nitrogen and oxygen atoms in total. The van der Waals surface area contributed by atoms with Crippen molar-refractivity contribution < 1.29 is 0 Å². The monoisotopic (exact) mass is 155 g/mol. The molecule has 0 aliphatic carbocycles. The Hall–Kier alpha value is 0. The first kappa shape index (κ1) is 11.0. The molecule has 0 N–H and O–H groups in total. The van der Waals surface area contributed by atoms with Crippen LogP contribution in [0, 0.1) is 17.8 Å². The maximum Gasteiger partial charge on any atom is -0.0329 e. The fourth-order valence-corrected chi connectivity index (χ4v) is 1.32. The Balaban J connectivity index is 3.77. The molecule has 1 unspecified atom stereocenters. The van der Waals surface area contributed by atoms with E-state index in [1.165, 1.54) is 19.3 Å². The molecule has 11 heavy (non-hydrogen) atoms. The van der Waals surface area contributed by atoms with E-state index in [-0.39, 0.29) is 0 Å². The summed E-state index contributed by atoms with van der Waals surface area (Å²) in [5, 5.41) is 0. The summed E-state index contributed by atoms with van der Waals surface area (Å²) in [5.41, 5.74) is 0.529. The third-order valence-electron chi connectivity index (χ3n) is 3.02. The van der Waals surface area contributed by atoms with Gasteiger partial charge in [0.25, 0.3) is 0 Å². The van der Waals surface area contributed by atoms with Gasteiger partial charge >= 0.3 is 0 Å². The molecule has 67 valence electrons. The van der Waals surface area contributed by atoms with Gasteiger partial charge < -0.3 is 0 Å². The average molecular weight is 155 g/mol. The Morgan fingerprint density at radius 2 is 1.91 bits per heavy atom. The highest BCUT2D eigenvalue weighted by Crippen LogP contribution is 2.33. The Morgan fingerprint density at radius 1 is 1.36 bits per heavy atom. The van der Waals surface area contributed by atoms with Crippen molar-refractivity contribution in [1.29, 1.82) is 0 Å². The Morgan fingerprint density at radius 3 is 2.27 bits per heavy atom. The number of unbranched alkanes of at least 4 members (excludes halogenated alkanes) is 1. The summed E-state index contributed by atoms with van der Waals surface area (Å²) >= 11 is 0. The van der Waals surface area contributed by atoms with E-state index in [1.807, 2.05) is 0 Å². The van der Waals surface area contributed by atoms with Gasteiger partial charge in [-0.1, -0.05) is 41.0 Å². The molecule has 0 aliphatic heterocycles. The molecule has 0 heteroatoms. The molecule has 0 bridgehead atoms. The highest BCUT2D eigenvalue weighted by Gasteiger charge is 2.23. The van der Waals surface area contributed by atoms with Crippen LogP contribution in [-0.2, 0) is 0 Å². The molecule has 0 aromatic carbocycles. The number of rotatable bonds is 5. The molecule has 0 aromatic rings. The van der Waals surface area contributed by atoms with Gasteiger partial charge in [0.15, 0.2) is 0 Å². The van der Waals surface area contributed by atoms with Crippen molar-refractivity contribution in [1.82, 2.24) is 0 Å². The van der Waals surface area contributed by atoms with Crippen LogP contribution < -0.4 is 0 Å². The van der Waals surface area contributed by atoms with Gasteiger partial charge in [-0.2, -0.15) is 0 Å². The Kier molecular flexibility index (Phi) is 4.79. The summed E-state index contributed by atoms with van der Waals surface area (Å²) in [6.07, 6.45) is 6.16. The smallest absolute Gasteiger partial charge is 0.0329 e. The molecule has 0 aliphatic rings. The predicted octanol–water partition coefficient (Wildman–Crippen LogP) is 4.06. The molecule has 0 fully saturated rings. The molecule has 0 aromatic heterocycles. The van der Waals surface area contributed by atoms with E-state index in [2.05, 4.69) is 41.0 Å². The molecular formula is C11H23. The zero-order valence-corrected chi connectivity index (χ0v) is 8.78. The summed E-state index contributed by atoms with van der Waals surface area (Å²) in [6, 6.07) is 0. The van der Waals surface area contributed by atoms with Crippen LogP contribution >= 0.6 is 0 Å². The lowest BCUT2D eigenvalue weighted by Gasteiger charge is -2.31. The molecule has 0 rings (SSSR count). The quantitative estimate of drug-likeness (QED) is 0.561. The zero-order valence-electron chi connectivity index (χ0n) is 8.78. The standard InChI is InChI=1S/C11H23/c1-6-8-9-11(4,5)10(3)7-2/h6,10H,7-9H2,1-5H3. The second-order valence-corrected chi connectivity index (χ2v) is 4.24. The van der Waals surface area contributed by atoms with Crippen LogP contribution in [0.1, 0.15) is 53.9 Å². The minimum atomic E-state index is 0.529. The Bertz CT molecular complexity index is 92.2. The molecule has 0 amide bonds. The lowest BCUT2D eigenvalue weighted by atomic mass is 9.75. The largest absolute Gasteiger partial charge is 0.0651 e. The summed E-state index contributed by atoms with van der Waals surface area (Å²) in [5.74, 6) is 0.849. The zero-order chi connectivity index (χ0) is 8.91. The first-order valence-corrected chi connectivity index (χ1v) is 4.82. The molecule has 0 spiro atoms. The van der Waals surface area contributed by atoms with Gasteiger partial charge in [-0.3, -0.25) is 0 Å². The third kappa shape index (κ3) is 3.79. The van der Waals surface area contributed by atoms with E-state index in [0.29, 0.717) is 5.41 Å². The van der Waals surface area contributed by atoms with Crippen molar-refractivity contribution in [3.63, 3.8) is 0 Å². The fourth-order valence-electron chi connectivity index (χ4n) is 1.32. The van der Waals surface area contributed by atoms with Crippen molar-refractivity contribution in [2.45, 2.75) is 53.9 Å². The minimum Gasteiger partial charge on any atom is -0.0651 e. The van der Waals surface area contributed by atoms with Crippen LogP contribution in [0.15, 0.2) is 0 Å². The molecule has 0 heterocycles. The van der Waals surface area contributed by atoms with E-state index in [4.69, 9.17) is 0 Å². The Labute approximate surface area is 72.4 Å². The van der Waals surface area contributed by atoms with E-state index in [1.54, 1.807) is 0 Å². The van der Waals surface area contributed by atoms with Gasteiger partial charge in [0.1, 0.15) is 0 Å². The molecule has 1 atom stereocenters. The maximum atomic E-state index is 2.38. The number of hydrogen-bond acceptors (Lipinski definition) is 0. The summed E-state index contributed by atoms with van der Waals surface area (Å²) in [6.45, 7) is 11.5. The second-order valence-electron chi connectivity index (χ2n) is 4.24. The lowest BCUT2D eigenvalue weighted by molar-refractivity contribution is 0.206. The number of hydrogen-bond donors (Lipinski definition) is 0. The predicted molar refractivity (Wildman–Crippen MR) is 52.4 cm³/mol. The van der Waals surface area contributed by atoms with Gasteiger partial charge in [0.2, 0.25) is 0 Å². The first-order valence-electron chi connectivity index (χ1n) is 4.82. The topological polar surface area (TPSA) is 0 Å². The van der Waals surface area contributed by atoms with Crippen LogP contribution in [0.5, 0.6) is 0 Å². The van der Waals surface area contributed by atoms with Crippen LogP contribution in [0.4, 0.5) is 0 Å². The highest BCUT2D eigenvalue weighted by molar-refractivity contribution is 4.76. The summed E-state index contributed by atoms with van der Waals surface area (Å²) < 4.78 is 0. The first-order chi connectivity index (χ1) is 5.04. The van der Waals surface area contributed by atoms with Gasteiger partial charge in [0, 0.05) is 0 Å². The molecule has 0 saturated carbocycles. The van der Waals surface area contributed by atoms with Crippen LogP contribution in [0.25, 0.3) is 0 Å². The lowest BCUT2D eigenvalue weighted by Crippen LogP contribution is -2.20. The van der Waals surface area contributed by atoms with Crippen LogP contribution in [-0.4, -0.2) is 0 Å². The van der Waals surface area contributed by atoms with E-state index >= 15 is 0 Å². The van der Waals surface area contributed by atoms with Crippen LogP contribution in [0.3, 0.4) is 0 Å². The van der Waals surface area contributed by atoms with Crippen molar-refractivity contribution in [2.24, 2.45) is 11.3 Å². The highest BCUT2D eigenvalue weighted by atomic mass is 14.3. The van der Waals surface area contributed by atoms with Crippen molar-refractivity contribution in [2.75, 3.05) is 0 Å². The molecule has 0 saturated heterocycles. The third-order valence-corrected chi connectivity index (χ3v) is 3.02. The van der Waals surface area contributed by atoms with Crippen molar-refractivity contribution in [3.8, 4) is 0 Å². The van der Waals surface area contributed by atoms with Gasteiger partial charge in [-0.05, 0) is 30.6 Å². The fraction of sp³-hybridized carbons (Fsp3) is 0.909.